The highest BCUT2D eigenvalue weighted by Gasteiger charge is 2.13. The molecular weight excluding hydrogens is 304 g/mol. The molecule has 4 heteroatoms. The van der Waals surface area contributed by atoms with Crippen LogP contribution in [0.1, 0.15) is 11.1 Å². The van der Waals surface area contributed by atoms with Gasteiger partial charge in [0.15, 0.2) is 5.16 Å². The van der Waals surface area contributed by atoms with Gasteiger partial charge < -0.3 is 0 Å². The highest BCUT2D eigenvalue weighted by molar-refractivity contribution is 7.99. The zero-order chi connectivity index (χ0) is 16.4. The number of aryl methyl sites for hydroxylation is 2. The molecular formula is C19H18N2OS. The first-order valence-electron chi connectivity index (χ1n) is 7.45. The fraction of sp³-hybridized carbons (Fsp3) is 0.158. The van der Waals surface area contributed by atoms with Gasteiger partial charge >= 0.3 is 0 Å². The zero-order valence-electron chi connectivity index (χ0n) is 13.2. The second-order valence-electron chi connectivity index (χ2n) is 5.42. The van der Waals surface area contributed by atoms with Crippen molar-refractivity contribution in [3.8, 4) is 5.69 Å². The summed E-state index contributed by atoms with van der Waals surface area (Å²) in [4.78, 5) is 17.7. The molecule has 0 aliphatic heterocycles. The topological polar surface area (TPSA) is 34.9 Å². The average Bonchev–Trinajstić information content (AvgIpc) is 2.56. The molecule has 3 rings (SSSR count). The molecule has 0 saturated heterocycles. The molecule has 2 aromatic carbocycles. The smallest absolute Gasteiger partial charge is 0.266 e. The molecule has 0 radical (unpaired) electrons. The van der Waals surface area contributed by atoms with E-state index in [2.05, 4.69) is 25.4 Å². The molecule has 0 bridgehead atoms. The van der Waals surface area contributed by atoms with E-state index in [1.54, 1.807) is 4.57 Å². The SMILES string of the molecule is C=CCSc1nc2ccccc2c(=O)n1-c1ccc(C)c(C)c1. The average molecular weight is 322 g/mol. The maximum absolute atomic E-state index is 13.0. The maximum Gasteiger partial charge on any atom is 0.266 e. The monoisotopic (exact) mass is 322 g/mol. The van der Waals surface area contributed by atoms with E-state index in [0.29, 0.717) is 16.3 Å². The Morgan fingerprint density at radius 3 is 2.70 bits per heavy atom. The van der Waals surface area contributed by atoms with Crippen LogP contribution in [0, 0.1) is 13.8 Å². The van der Waals surface area contributed by atoms with E-state index in [1.165, 1.54) is 17.3 Å². The van der Waals surface area contributed by atoms with E-state index in [-0.39, 0.29) is 5.56 Å². The Kier molecular flexibility index (Phi) is 4.35. The minimum Gasteiger partial charge on any atom is -0.268 e. The lowest BCUT2D eigenvalue weighted by atomic mass is 10.1. The van der Waals surface area contributed by atoms with Crippen molar-refractivity contribution < 1.29 is 0 Å². The van der Waals surface area contributed by atoms with Gasteiger partial charge in [-0.2, -0.15) is 0 Å². The van der Waals surface area contributed by atoms with Crippen LogP contribution in [-0.4, -0.2) is 15.3 Å². The van der Waals surface area contributed by atoms with Crippen LogP contribution in [0.5, 0.6) is 0 Å². The van der Waals surface area contributed by atoms with Gasteiger partial charge in [0.05, 0.1) is 16.6 Å². The number of benzene rings is 2. The third-order valence-electron chi connectivity index (χ3n) is 3.82. The van der Waals surface area contributed by atoms with Crippen molar-refractivity contribution in [1.29, 1.82) is 0 Å². The van der Waals surface area contributed by atoms with Crippen LogP contribution in [0.15, 0.2) is 65.1 Å². The van der Waals surface area contributed by atoms with Gasteiger partial charge in [-0.15, -0.1) is 6.58 Å². The molecule has 0 N–H and O–H groups in total. The van der Waals surface area contributed by atoms with Gasteiger partial charge in [-0.25, -0.2) is 4.98 Å². The van der Waals surface area contributed by atoms with E-state index in [0.717, 1.165) is 16.8 Å². The summed E-state index contributed by atoms with van der Waals surface area (Å²) in [5, 5.41) is 1.32. The molecule has 0 aliphatic carbocycles. The molecule has 0 amide bonds. The third kappa shape index (κ3) is 2.94. The van der Waals surface area contributed by atoms with Gasteiger partial charge in [0.2, 0.25) is 0 Å². The maximum atomic E-state index is 13.0. The van der Waals surface area contributed by atoms with E-state index < -0.39 is 0 Å². The van der Waals surface area contributed by atoms with Gasteiger partial charge in [-0.1, -0.05) is 36.0 Å². The fourth-order valence-electron chi connectivity index (χ4n) is 2.44. The van der Waals surface area contributed by atoms with Gasteiger partial charge in [-0.05, 0) is 49.2 Å². The van der Waals surface area contributed by atoms with Crippen LogP contribution in [0.25, 0.3) is 16.6 Å². The van der Waals surface area contributed by atoms with Crippen molar-refractivity contribution in [2.24, 2.45) is 0 Å². The van der Waals surface area contributed by atoms with Gasteiger partial charge in [-0.3, -0.25) is 9.36 Å². The number of thioether (sulfide) groups is 1. The molecule has 0 fully saturated rings. The van der Waals surface area contributed by atoms with Crippen LogP contribution in [-0.2, 0) is 0 Å². The molecule has 0 atom stereocenters. The van der Waals surface area contributed by atoms with Gasteiger partial charge in [0.25, 0.3) is 5.56 Å². The summed E-state index contributed by atoms with van der Waals surface area (Å²) < 4.78 is 1.70. The summed E-state index contributed by atoms with van der Waals surface area (Å²) in [6.45, 7) is 7.87. The van der Waals surface area contributed by atoms with Gasteiger partial charge in [0, 0.05) is 5.75 Å². The first-order valence-corrected chi connectivity index (χ1v) is 8.43. The molecule has 0 unspecified atom stereocenters. The minimum absolute atomic E-state index is 0.0367. The van der Waals surface area contributed by atoms with E-state index in [1.807, 2.05) is 48.5 Å². The summed E-state index contributed by atoms with van der Waals surface area (Å²) in [6, 6.07) is 13.5. The van der Waals surface area contributed by atoms with Crippen LogP contribution in [0.4, 0.5) is 0 Å². The number of nitrogens with zero attached hydrogens (tertiary/aromatic N) is 2. The second-order valence-corrected chi connectivity index (χ2v) is 6.41. The lowest BCUT2D eigenvalue weighted by molar-refractivity contribution is 0.819. The Balaban J connectivity index is 2.31. The summed E-state index contributed by atoms with van der Waals surface area (Å²) >= 11 is 1.51. The van der Waals surface area contributed by atoms with Crippen LogP contribution < -0.4 is 5.56 Å². The summed E-state index contributed by atoms with van der Waals surface area (Å²) in [7, 11) is 0. The Labute approximate surface area is 139 Å². The molecule has 1 heterocycles. The molecule has 3 aromatic rings. The minimum atomic E-state index is -0.0367. The zero-order valence-corrected chi connectivity index (χ0v) is 14.1. The van der Waals surface area contributed by atoms with Crippen molar-refractivity contribution in [1.82, 2.24) is 9.55 Å². The van der Waals surface area contributed by atoms with Crippen molar-refractivity contribution in [3.63, 3.8) is 0 Å². The van der Waals surface area contributed by atoms with Crippen molar-refractivity contribution in [2.75, 3.05) is 5.75 Å². The number of hydrogen-bond acceptors (Lipinski definition) is 3. The standard InChI is InChI=1S/C19H18N2OS/c1-4-11-23-19-20-17-8-6-5-7-16(17)18(22)21(19)15-10-9-13(2)14(3)12-15/h4-10,12H,1,11H2,2-3H3. The van der Waals surface area contributed by atoms with E-state index >= 15 is 0 Å². The lowest BCUT2D eigenvalue weighted by Crippen LogP contribution is -2.22. The number of para-hydroxylation sites is 1. The van der Waals surface area contributed by atoms with Crippen LogP contribution in [0.2, 0.25) is 0 Å². The molecule has 116 valence electrons. The van der Waals surface area contributed by atoms with Crippen molar-refractivity contribution in [2.45, 2.75) is 19.0 Å². The molecule has 3 nitrogen and oxygen atoms in total. The number of rotatable bonds is 4. The van der Waals surface area contributed by atoms with E-state index in [9.17, 15) is 4.79 Å². The van der Waals surface area contributed by atoms with Gasteiger partial charge in [0.1, 0.15) is 0 Å². The Morgan fingerprint density at radius 2 is 1.96 bits per heavy atom. The summed E-state index contributed by atoms with van der Waals surface area (Å²) in [5.41, 5.74) is 3.90. The Hall–Kier alpha value is -2.33. The summed E-state index contributed by atoms with van der Waals surface area (Å²) in [6.07, 6.45) is 1.82. The molecule has 0 spiro atoms. The first kappa shape index (κ1) is 15.6. The number of hydrogen-bond donors (Lipinski definition) is 0. The highest BCUT2D eigenvalue weighted by Crippen LogP contribution is 2.22. The molecule has 1 aromatic heterocycles. The van der Waals surface area contributed by atoms with Crippen molar-refractivity contribution >= 4 is 22.7 Å². The fourth-order valence-corrected chi connectivity index (χ4v) is 3.18. The molecule has 0 aliphatic rings. The van der Waals surface area contributed by atoms with Crippen LogP contribution >= 0.6 is 11.8 Å². The highest BCUT2D eigenvalue weighted by atomic mass is 32.2. The van der Waals surface area contributed by atoms with E-state index in [4.69, 9.17) is 0 Å². The lowest BCUT2D eigenvalue weighted by Gasteiger charge is -2.14. The second kappa shape index (κ2) is 6.42. The summed E-state index contributed by atoms with van der Waals surface area (Å²) in [5.74, 6) is 0.704. The van der Waals surface area contributed by atoms with Crippen LogP contribution in [0.3, 0.4) is 0 Å². The third-order valence-corrected chi connectivity index (χ3v) is 4.76. The largest absolute Gasteiger partial charge is 0.268 e. The predicted molar refractivity (Wildman–Crippen MR) is 97.7 cm³/mol. The number of aromatic nitrogens is 2. The normalized spacial score (nSPS) is 10.9. The Bertz CT molecular complexity index is 944. The molecule has 23 heavy (non-hydrogen) atoms. The quantitative estimate of drug-likeness (QED) is 0.408. The molecule has 0 saturated carbocycles. The Morgan fingerprint density at radius 1 is 1.17 bits per heavy atom. The van der Waals surface area contributed by atoms with Crippen molar-refractivity contribution in [3.05, 3.63) is 76.6 Å². The number of fused-ring (bicyclic) bond motifs is 1. The first-order chi connectivity index (χ1) is 11.1. The predicted octanol–water partition coefficient (Wildman–Crippen LogP) is 4.28.